The predicted octanol–water partition coefficient (Wildman–Crippen LogP) is 1.08. The van der Waals surface area contributed by atoms with Crippen LogP contribution in [0.4, 0.5) is 0 Å². The van der Waals surface area contributed by atoms with Crippen LogP contribution >= 0.6 is 0 Å². The summed E-state index contributed by atoms with van der Waals surface area (Å²) >= 11 is 0. The van der Waals surface area contributed by atoms with Crippen molar-refractivity contribution in [2.24, 2.45) is 0 Å². The molecule has 0 unspecified atom stereocenters. The third kappa shape index (κ3) is 5.75. The second kappa shape index (κ2) is 11.1. The maximum absolute atomic E-state index is 13.1. The standard InChI is InChI=1S/C24H29N3O7S/c1-32-22-17-19(7-8-21(22)34-18-23(28)25-13-15-33-16-14-25)24(29)26-9-11-27(12-10-26)35(30,31)20-5-3-2-4-6-20/h2-8,17H,9-16,18H2,1H3. The van der Waals surface area contributed by atoms with Crippen LogP contribution in [-0.2, 0) is 19.6 Å². The highest BCUT2D eigenvalue weighted by molar-refractivity contribution is 7.89. The molecule has 4 rings (SSSR count). The third-order valence-corrected chi connectivity index (χ3v) is 7.95. The van der Waals surface area contributed by atoms with Crippen LogP contribution < -0.4 is 9.47 Å². The molecular formula is C24H29N3O7S. The van der Waals surface area contributed by atoms with Gasteiger partial charge >= 0.3 is 0 Å². The normalized spacial score (nSPS) is 17.2. The summed E-state index contributed by atoms with van der Waals surface area (Å²) in [5.41, 5.74) is 0.396. The van der Waals surface area contributed by atoms with Crippen LogP contribution in [0.15, 0.2) is 53.4 Å². The van der Waals surface area contributed by atoms with Crippen LogP contribution in [0.25, 0.3) is 0 Å². The smallest absolute Gasteiger partial charge is 0.260 e. The van der Waals surface area contributed by atoms with E-state index < -0.39 is 10.0 Å². The average molecular weight is 504 g/mol. The minimum absolute atomic E-state index is 0.137. The molecule has 2 amide bonds. The maximum atomic E-state index is 13.1. The summed E-state index contributed by atoms with van der Waals surface area (Å²) in [6.07, 6.45) is 0. The van der Waals surface area contributed by atoms with Gasteiger partial charge in [-0.05, 0) is 30.3 Å². The first-order valence-electron chi connectivity index (χ1n) is 11.4. The zero-order chi connectivity index (χ0) is 24.8. The van der Waals surface area contributed by atoms with Crippen molar-refractivity contribution in [3.63, 3.8) is 0 Å². The second-order valence-electron chi connectivity index (χ2n) is 8.16. The average Bonchev–Trinajstić information content (AvgIpc) is 2.92. The van der Waals surface area contributed by atoms with Crippen molar-refractivity contribution >= 4 is 21.8 Å². The Bertz CT molecular complexity index is 1140. The quantitative estimate of drug-likeness (QED) is 0.557. The van der Waals surface area contributed by atoms with Crippen molar-refractivity contribution in [1.29, 1.82) is 0 Å². The van der Waals surface area contributed by atoms with E-state index in [1.54, 1.807) is 58.3 Å². The lowest BCUT2D eigenvalue weighted by atomic mass is 10.1. The highest BCUT2D eigenvalue weighted by atomic mass is 32.2. The lowest BCUT2D eigenvalue weighted by Crippen LogP contribution is -2.50. The molecule has 2 aliphatic heterocycles. The number of rotatable bonds is 7. The molecule has 2 heterocycles. The zero-order valence-electron chi connectivity index (χ0n) is 19.6. The number of carbonyl (C=O) groups is 2. The number of ether oxygens (including phenoxy) is 3. The van der Waals surface area contributed by atoms with Gasteiger partial charge in [-0.2, -0.15) is 4.31 Å². The summed E-state index contributed by atoms with van der Waals surface area (Å²) in [6.45, 7) is 2.94. The molecule has 0 radical (unpaired) electrons. The fourth-order valence-corrected chi connectivity index (χ4v) is 5.46. The van der Waals surface area contributed by atoms with E-state index in [4.69, 9.17) is 14.2 Å². The first-order valence-corrected chi connectivity index (χ1v) is 12.8. The van der Waals surface area contributed by atoms with Gasteiger partial charge in [-0.15, -0.1) is 0 Å². The third-order valence-electron chi connectivity index (χ3n) is 6.03. The lowest BCUT2D eigenvalue weighted by molar-refractivity contribution is -0.137. The summed E-state index contributed by atoms with van der Waals surface area (Å²) in [5, 5.41) is 0. The number of hydrogen-bond donors (Lipinski definition) is 0. The molecular weight excluding hydrogens is 474 g/mol. The van der Waals surface area contributed by atoms with Crippen molar-refractivity contribution in [1.82, 2.24) is 14.1 Å². The van der Waals surface area contributed by atoms with Crippen LogP contribution in [-0.4, -0.2) is 101 Å². The van der Waals surface area contributed by atoms with Crippen molar-refractivity contribution < 1.29 is 32.2 Å². The summed E-state index contributed by atoms with van der Waals surface area (Å²) in [7, 11) is -2.13. The molecule has 2 saturated heterocycles. The molecule has 0 saturated carbocycles. The van der Waals surface area contributed by atoms with Gasteiger partial charge < -0.3 is 24.0 Å². The van der Waals surface area contributed by atoms with Gasteiger partial charge in [-0.1, -0.05) is 18.2 Å². The van der Waals surface area contributed by atoms with Gasteiger partial charge in [-0.25, -0.2) is 8.42 Å². The van der Waals surface area contributed by atoms with Crippen molar-refractivity contribution in [3.8, 4) is 11.5 Å². The molecule has 188 valence electrons. The SMILES string of the molecule is COc1cc(C(=O)N2CCN(S(=O)(=O)c3ccccc3)CC2)ccc1OCC(=O)N1CCOCC1. The fourth-order valence-electron chi connectivity index (χ4n) is 4.02. The maximum Gasteiger partial charge on any atom is 0.260 e. The number of hydrogen-bond acceptors (Lipinski definition) is 7. The first-order chi connectivity index (χ1) is 16.9. The Morgan fingerprint density at radius 2 is 1.57 bits per heavy atom. The number of amides is 2. The van der Waals surface area contributed by atoms with E-state index in [1.165, 1.54) is 11.4 Å². The van der Waals surface area contributed by atoms with Gasteiger partial charge in [0.15, 0.2) is 18.1 Å². The van der Waals surface area contributed by atoms with Crippen LogP contribution in [0, 0.1) is 0 Å². The fraction of sp³-hybridized carbons (Fsp3) is 0.417. The van der Waals surface area contributed by atoms with Gasteiger partial charge in [0.1, 0.15) is 0 Å². The lowest BCUT2D eigenvalue weighted by Gasteiger charge is -2.34. The summed E-state index contributed by atoms with van der Waals surface area (Å²) in [4.78, 5) is 29.0. The molecule has 2 aromatic rings. The van der Waals surface area contributed by atoms with Gasteiger partial charge in [0, 0.05) is 44.8 Å². The van der Waals surface area contributed by atoms with Crippen molar-refractivity contribution in [2.75, 3.05) is 66.2 Å². The molecule has 2 aliphatic rings. The molecule has 0 bridgehead atoms. The Balaban J connectivity index is 1.36. The summed E-state index contributed by atoms with van der Waals surface area (Å²) in [6, 6.07) is 13.1. The van der Waals surface area contributed by atoms with Crippen LogP contribution in [0.3, 0.4) is 0 Å². The molecule has 10 nitrogen and oxygen atoms in total. The minimum atomic E-state index is -3.59. The van der Waals surface area contributed by atoms with Gasteiger partial charge in [0.25, 0.3) is 11.8 Å². The Morgan fingerprint density at radius 3 is 2.23 bits per heavy atom. The topological polar surface area (TPSA) is 106 Å². The van der Waals surface area contributed by atoms with E-state index >= 15 is 0 Å². The number of morpholine rings is 1. The highest BCUT2D eigenvalue weighted by Crippen LogP contribution is 2.29. The summed E-state index contributed by atoms with van der Waals surface area (Å²) < 4.78 is 43.3. The molecule has 2 fully saturated rings. The van der Waals surface area contributed by atoms with Gasteiger partial charge in [-0.3, -0.25) is 9.59 Å². The van der Waals surface area contributed by atoms with E-state index in [0.29, 0.717) is 43.4 Å². The van der Waals surface area contributed by atoms with E-state index in [1.807, 2.05) is 0 Å². The number of nitrogens with zero attached hydrogens (tertiary/aromatic N) is 3. The van der Waals surface area contributed by atoms with Crippen LogP contribution in [0.5, 0.6) is 11.5 Å². The number of carbonyl (C=O) groups excluding carboxylic acids is 2. The number of sulfonamides is 1. The van der Waals surface area contributed by atoms with Crippen LogP contribution in [0.1, 0.15) is 10.4 Å². The molecule has 0 aromatic heterocycles. The number of methoxy groups -OCH3 is 1. The molecule has 11 heteroatoms. The van der Waals surface area contributed by atoms with Gasteiger partial charge in [0.2, 0.25) is 10.0 Å². The Labute approximate surface area is 205 Å². The van der Waals surface area contributed by atoms with Gasteiger partial charge in [0.05, 0.1) is 25.2 Å². The largest absolute Gasteiger partial charge is 0.493 e. The Kier molecular flexibility index (Phi) is 7.89. The Hall–Kier alpha value is -3.15. The molecule has 35 heavy (non-hydrogen) atoms. The molecule has 2 aromatic carbocycles. The van der Waals surface area contributed by atoms with Crippen molar-refractivity contribution in [2.45, 2.75) is 4.90 Å². The minimum Gasteiger partial charge on any atom is -0.493 e. The second-order valence-corrected chi connectivity index (χ2v) is 10.1. The molecule has 0 spiro atoms. The van der Waals surface area contributed by atoms with E-state index in [2.05, 4.69) is 0 Å². The number of benzene rings is 2. The number of piperazine rings is 1. The predicted molar refractivity (Wildman–Crippen MR) is 127 cm³/mol. The molecule has 0 atom stereocenters. The van der Waals surface area contributed by atoms with E-state index in [0.717, 1.165) is 0 Å². The Morgan fingerprint density at radius 1 is 0.886 bits per heavy atom. The first kappa shape index (κ1) is 25.0. The van der Waals surface area contributed by atoms with Crippen molar-refractivity contribution in [3.05, 3.63) is 54.1 Å². The zero-order valence-corrected chi connectivity index (χ0v) is 20.4. The van der Waals surface area contributed by atoms with E-state index in [9.17, 15) is 18.0 Å². The molecule has 0 N–H and O–H groups in total. The van der Waals surface area contributed by atoms with Crippen LogP contribution in [0.2, 0.25) is 0 Å². The monoisotopic (exact) mass is 503 g/mol. The highest BCUT2D eigenvalue weighted by Gasteiger charge is 2.30. The van der Waals surface area contributed by atoms with E-state index in [-0.39, 0.29) is 49.5 Å². The summed E-state index contributed by atoms with van der Waals surface area (Å²) in [5.74, 6) is 0.343. The molecule has 0 aliphatic carbocycles.